The first-order chi connectivity index (χ1) is 10.1. The van der Waals surface area contributed by atoms with Crippen molar-refractivity contribution in [3.05, 3.63) is 17.6 Å². The van der Waals surface area contributed by atoms with E-state index in [4.69, 9.17) is 9.52 Å². The lowest BCUT2D eigenvalue weighted by Crippen LogP contribution is -2.46. The maximum atomic E-state index is 12.1. The van der Waals surface area contributed by atoms with Gasteiger partial charge in [-0.05, 0) is 19.8 Å². The number of aryl methyl sites for hydroxylation is 1. The lowest BCUT2D eigenvalue weighted by molar-refractivity contribution is -0.145. The summed E-state index contributed by atoms with van der Waals surface area (Å²) < 4.78 is 30.4. The van der Waals surface area contributed by atoms with Gasteiger partial charge < -0.3 is 14.8 Å². The molecule has 0 aliphatic heterocycles. The Labute approximate surface area is 128 Å². The molecule has 2 N–H and O–H groups in total. The molecule has 1 fully saturated rings. The van der Waals surface area contributed by atoms with Crippen molar-refractivity contribution in [3.8, 4) is 0 Å². The number of rotatable bonds is 5. The lowest BCUT2D eigenvalue weighted by Gasteiger charge is -2.32. The lowest BCUT2D eigenvalue weighted by atomic mass is 9.80. The maximum Gasteiger partial charge on any atom is 0.306 e. The van der Waals surface area contributed by atoms with Gasteiger partial charge in [-0.15, -0.1) is 0 Å². The first-order valence-electron chi connectivity index (χ1n) is 6.69. The minimum Gasteiger partial charge on any atom is -0.481 e. The van der Waals surface area contributed by atoms with Crippen molar-refractivity contribution in [2.45, 2.75) is 30.7 Å². The van der Waals surface area contributed by atoms with E-state index in [1.165, 1.54) is 27.1 Å². The Morgan fingerprint density at radius 3 is 2.45 bits per heavy atom. The third-order valence-corrected chi connectivity index (χ3v) is 5.60. The Morgan fingerprint density at radius 1 is 1.36 bits per heavy atom. The number of sulfonamides is 1. The summed E-state index contributed by atoms with van der Waals surface area (Å²) in [6, 6.07) is 0.959. The number of carbonyl (C=O) groups excluding carboxylic acids is 1. The number of carboxylic acid groups (broad SMARTS) is 1. The summed E-state index contributed by atoms with van der Waals surface area (Å²) >= 11 is 0. The van der Waals surface area contributed by atoms with E-state index < -0.39 is 27.8 Å². The van der Waals surface area contributed by atoms with Crippen LogP contribution in [0.25, 0.3) is 0 Å². The number of carboxylic acids is 1. The summed E-state index contributed by atoms with van der Waals surface area (Å²) in [5.74, 6) is -1.82. The minimum atomic E-state index is -3.68. The van der Waals surface area contributed by atoms with E-state index in [0.29, 0.717) is 12.8 Å². The van der Waals surface area contributed by atoms with Crippen molar-refractivity contribution in [2.24, 2.45) is 5.92 Å². The number of aliphatic carboxylic acids is 1. The molecule has 0 unspecified atom stereocenters. The van der Waals surface area contributed by atoms with Gasteiger partial charge in [0.05, 0.1) is 5.92 Å². The molecule has 1 aliphatic rings. The van der Waals surface area contributed by atoms with Crippen LogP contribution in [0.5, 0.6) is 0 Å². The quantitative estimate of drug-likeness (QED) is 0.808. The van der Waals surface area contributed by atoms with Crippen LogP contribution >= 0.6 is 0 Å². The van der Waals surface area contributed by atoms with E-state index >= 15 is 0 Å². The van der Waals surface area contributed by atoms with Gasteiger partial charge in [0.25, 0.3) is 5.91 Å². The second kappa shape index (κ2) is 5.73. The Kier molecular flexibility index (Phi) is 4.30. The highest BCUT2D eigenvalue weighted by atomic mass is 32.2. The normalized spacial score (nSPS) is 21.5. The average Bonchev–Trinajstić information content (AvgIpc) is 2.75. The SMILES string of the molecule is Cc1oc(C(=O)NC2CC(C(=O)O)C2)cc1S(=O)(=O)N(C)C. The van der Waals surface area contributed by atoms with Crippen molar-refractivity contribution in [3.63, 3.8) is 0 Å². The van der Waals surface area contributed by atoms with Crippen molar-refractivity contribution in [1.82, 2.24) is 9.62 Å². The third kappa shape index (κ3) is 3.00. The van der Waals surface area contributed by atoms with Crippen molar-refractivity contribution in [1.29, 1.82) is 0 Å². The molecule has 0 spiro atoms. The highest BCUT2D eigenvalue weighted by Gasteiger charge is 2.36. The van der Waals surface area contributed by atoms with Crippen LogP contribution in [0.4, 0.5) is 0 Å². The first-order valence-corrected chi connectivity index (χ1v) is 8.13. The number of carbonyl (C=O) groups is 2. The molecule has 0 atom stereocenters. The zero-order chi connectivity index (χ0) is 16.7. The van der Waals surface area contributed by atoms with Crippen molar-refractivity contribution in [2.75, 3.05) is 14.1 Å². The Balaban J connectivity index is 2.08. The molecular weight excluding hydrogens is 312 g/mol. The van der Waals surface area contributed by atoms with Gasteiger partial charge in [-0.25, -0.2) is 12.7 Å². The van der Waals surface area contributed by atoms with Gasteiger partial charge in [-0.1, -0.05) is 0 Å². The Morgan fingerprint density at radius 2 is 1.95 bits per heavy atom. The molecule has 0 saturated heterocycles. The minimum absolute atomic E-state index is 0.0559. The summed E-state index contributed by atoms with van der Waals surface area (Å²) in [4.78, 5) is 22.7. The van der Waals surface area contributed by atoms with Gasteiger partial charge in [0, 0.05) is 26.2 Å². The average molecular weight is 330 g/mol. The number of amides is 1. The molecule has 0 bridgehead atoms. The summed E-state index contributed by atoms with van der Waals surface area (Å²) in [6.45, 7) is 1.47. The van der Waals surface area contributed by atoms with E-state index in [9.17, 15) is 18.0 Å². The molecule has 2 rings (SSSR count). The summed E-state index contributed by atoms with van der Waals surface area (Å²) in [5.41, 5.74) is 0. The topological polar surface area (TPSA) is 117 Å². The van der Waals surface area contributed by atoms with E-state index in [1.54, 1.807) is 0 Å². The molecular formula is C13H18N2O6S. The largest absolute Gasteiger partial charge is 0.481 e. The van der Waals surface area contributed by atoms with Crippen LogP contribution < -0.4 is 5.32 Å². The molecule has 1 amide bonds. The highest BCUT2D eigenvalue weighted by Crippen LogP contribution is 2.28. The summed E-state index contributed by atoms with van der Waals surface area (Å²) in [5, 5.41) is 11.4. The third-order valence-electron chi connectivity index (χ3n) is 3.68. The fourth-order valence-corrected chi connectivity index (χ4v) is 3.28. The zero-order valence-corrected chi connectivity index (χ0v) is 13.3. The van der Waals surface area contributed by atoms with Gasteiger partial charge in [0.2, 0.25) is 10.0 Å². The van der Waals surface area contributed by atoms with E-state index in [0.717, 1.165) is 4.31 Å². The fraction of sp³-hybridized carbons (Fsp3) is 0.538. The molecule has 1 heterocycles. The van der Waals surface area contributed by atoms with Crippen molar-refractivity contribution >= 4 is 21.9 Å². The predicted octanol–water partition coefficient (Wildman–Crippen LogP) is 0.431. The van der Waals surface area contributed by atoms with Gasteiger partial charge in [0.15, 0.2) is 5.76 Å². The second-order valence-electron chi connectivity index (χ2n) is 5.50. The molecule has 122 valence electrons. The molecule has 0 radical (unpaired) electrons. The highest BCUT2D eigenvalue weighted by molar-refractivity contribution is 7.89. The standard InChI is InChI=1S/C13H18N2O6S/c1-7-11(22(19,20)15(2)3)6-10(21-7)12(16)14-9-4-8(5-9)13(17)18/h6,8-9H,4-5H2,1-3H3,(H,14,16)(H,17,18). The summed E-state index contributed by atoms with van der Waals surface area (Å²) in [7, 11) is -0.897. The van der Waals surface area contributed by atoms with E-state index in [1.807, 2.05) is 0 Å². The van der Waals surface area contributed by atoms with Crippen LogP contribution in [0, 0.1) is 12.8 Å². The molecule has 9 heteroatoms. The number of hydrogen-bond donors (Lipinski definition) is 2. The van der Waals surface area contributed by atoms with Crippen LogP contribution in [0.1, 0.15) is 29.2 Å². The second-order valence-corrected chi connectivity index (χ2v) is 7.62. The molecule has 1 saturated carbocycles. The molecule has 22 heavy (non-hydrogen) atoms. The van der Waals surface area contributed by atoms with E-state index in [2.05, 4.69) is 5.32 Å². The van der Waals surface area contributed by atoms with Crippen LogP contribution in [-0.4, -0.2) is 49.8 Å². The smallest absolute Gasteiger partial charge is 0.306 e. The number of nitrogens with zero attached hydrogens (tertiary/aromatic N) is 1. The molecule has 1 aromatic heterocycles. The van der Waals surface area contributed by atoms with Crippen molar-refractivity contribution < 1.29 is 27.5 Å². The first kappa shape index (κ1) is 16.5. The van der Waals surface area contributed by atoms with Crippen LogP contribution in [0.2, 0.25) is 0 Å². The Bertz CT molecular complexity index is 700. The van der Waals surface area contributed by atoms with Gasteiger partial charge in [-0.3, -0.25) is 9.59 Å². The number of hydrogen-bond acceptors (Lipinski definition) is 5. The van der Waals surface area contributed by atoms with E-state index in [-0.39, 0.29) is 22.5 Å². The molecule has 1 aliphatic carbocycles. The summed E-state index contributed by atoms with van der Waals surface area (Å²) in [6.07, 6.45) is 0.729. The predicted molar refractivity (Wildman–Crippen MR) is 75.9 cm³/mol. The zero-order valence-electron chi connectivity index (χ0n) is 12.5. The molecule has 1 aromatic rings. The van der Waals surface area contributed by atoms with Gasteiger partial charge in [0.1, 0.15) is 10.7 Å². The van der Waals surface area contributed by atoms with Crippen LogP contribution in [0.3, 0.4) is 0 Å². The molecule has 8 nitrogen and oxygen atoms in total. The fourth-order valence-electron chi connectivity index (χ4n) is 2.22. The Hall–Kier alpha value is -1.87. The van der Waals surface area contributed by atoms with Crippen LogP contribution in [0.15, 0.2) is 15.4 Å². The van der Waals surface area contributed by atoms with Crippen LogP contribution in [-0.2, 0) is 14.8 Å². The monoisotopic (exact) mass is 330 g/mol. The maximum absolute atomic E-state index is 12.1. The van der Waals surface area contributed by atoms with Gasteiger partial charge >= 0.3 is 5.97 Å². The molecule has 0 aromatic carbocycles. The van der Waals surface area contributed by atoms with Gasteiger partial charge in [-0.2, -0.15) is 0 Å². The number of nitrogens with one attached hydrogen (secondary N) is 1. The number of furan rings is 1.